The second-order valence-electron chi connectivity index (χ2n) is 6.18. The number of benzene rings is 2. The third-order valence-corrected chi connectivity index (χ3v) is 4.38. The summed E-state index contributed by atoms with van der Waals surface area (Å²) in [5.74, 6) is 0.761. The summed E-state index contributed by atoms with van der Waals surface area (Å²) in [4.78, 5) is 28.9. The van der Waals surface area contributed by atoms with Crippen molar-refractivity contribution in [2.45, 2.75) is 12.5 Å². The van der Waals surface area contributed by atoms with Crippen LogP contribution in [0.4, 0.5) is 5.69 Å². The van der Waals surface area contributed by atoms with Crippen molar-refractivity contribution in [3.63, 3.8) is 0 Å². The highest BCUT2D eigenvalue weighted by atomic mass is 16.5. The van der Waals surface area contributed by atoms with Crippen molar-refractivity contribution in [3.05, 3.63) is 77.9 Å². The molecule has 1 atom stereocenters. The summed E-state index contributed by atoms with van der Waals surface area (Å²) in [7, 11) is 1.77. The summed E-state index contributed by atoms with van der Waals surface area (Å²) in [6, 6.07) is 14.4. The molecule has 1 aromatic heterocycles. The Morgan fingerprint density at radius 3 is 2.62 bits per heavy atom. The molecule has 0 aliphatic carbocycles. The topological polar surface area (TPSA) is 73.2 Å². The number of carbonyl (C=O) groups excluding carboxylic acids is 2. The van der Waals surface area contributed by atoms with Crippen LogP contribution in [0.25, 0.3) is 0 Å². The molecule has 0 radical (unpaired) electrons. The molecule has 2 aromatic carbocycles. The number of ether oxygens (including phenoxy) is 1. The minimum Gasteiger partial charge on any atom is -0.480 e. The van der Waals surface area contributed by atoms with Gasteiger partial charge in [0.05, 0.1) is 0 Å². The number of fused-ring (bicyclic) bond motifs is 1. The number of rotatable bonds is 4. The Morgan fingerprint density at radius 1 is 1.15 bits per heavy atom. The van der Waals surface area contributed by atoms with E-state index in [1.54, 1.807) is 48.3 Å². The molecule has 0 saturated heterocycles. The minimum atomic E-state index is -0.540. The zero-order chi connectivity index (χ0) is 18.1. The van der Waals surface area contributed by atoms with Crippen LogP contribution in [0.1, 0.15) is 21.7 Å². The summed E-state index contributed by atoms with van der Waals surface area (Å²) in [5.41, 5.74) is 2.16. The lowest BCUT2D eigenvalue weighted by Crippen LogP contribution is -2.31. The predicted octanol–water partition coefficient (Wildman–Crippen LogP) is 2.59. The highest BCUT2D eigenvalue weighted by Crippen LogP contribution is 2.28. The van der Waals surface area contributed by atoms with Gasteiger partial charge in [-0.05, 0) is 35.9 Å². The van der Waals surface area contributed by atoms with Crippen LogP contribution in [0.5, 0.6) is 5.75 Å². The van der Waals surface area contributed by atoms with Crippen LogP contribution in [-0.4, -0.2) is 27.3 Å². The first kappa shape index (κ1) is 16.1. The van der Waals surface area contributed by atoms with E-state index in [0.717, 1.165) is 11.3 Å². The van der Waals surface area contributed by atoms with Gasteiger partial charge >= 0.3 is 0 Å². The molecular formula is C20H17N3O3. The molecule has 130 valence electrons. The molecule has 1 amide bonds. The van der Waals surface area contributed by atoms with E-state index in [4.69, 9.17) is 4.74 Å². The maximum atomic E-state index is 12.4. The van der Waals surface area contributed by atoms with Crippen LogP contribution in [-0.2, 0) is 18.3 Å². The Labute approximate surface area is 150 Å². The van der Waals surface area contributed by atoms with Crippen LogP contribution in [0, 0.1) is 0 Å². The maximum Gasteiger partial charge on any atom is 0.265 e. The lowest BCUT2D eigenvalue weighted by Gasteiger charge is -2.11. The zero-order valence-corrected chi connectivity index (χ0v) is 14.2. The number of nitrogens with zero attached hydrogens (tertiary/aromatic N) is 2. The molecule has 2 heterocycles. The van der Waals surface area contributed by atoms with Crippen LogP contribution >= 0.6 is 0 Å². The van der Waals surface area contributed by atoms with E-state index >= 15 is 0 Å². The first-order valence-corrected chi connectivity index (χ1v) is 8.29. The Balaban J connectivity index is 1.43. The van der Waals surface area contributed by atoms with E-state index in [1.807, 2.05) is 24.3 Å². The number of aromatic nitrogens is 2. The lowest BCUT2D eigenvalue weighted by molar-refractivity contribution is -0.122. The molecule has 0 unspecified atom stereocenters. The third kappa shape index (κ3) is 2.97. The molecule has 4 rings (SSSR count). The number of carbonyl (C=O) groups is 2. The molecule has 1 N–H and O–H groups in total. The average Bonchev–Trinajstić information content (AvgIpc) is 3.27. The molecule has 26 heavy (non-hydrogen) atoms. The van der Waals surface area contributed by atoms with Gasteiger partial charge in [0, 0.05) is 37.1 Å². The van der Waals surface area contributed by atoms with Crippen molar-refractivity contribution in [3.8, 4) is 5.75 Å². The fourth-order valence-corrected chi connectivity index (χ4v) is 2.97. The van der Waals surface area contributed by atoms with Crippen LogP contribution in [0.2, 0.25) is 0 Å². The number of hydrogen-bond acceptors (Lipinski definition) is 4. The first-order chi connectivity index (χ1) is 12.6. The van der Waals surface area contributed by atoms with Gasteiger partial charge in [0.1, 0.15) is 5.75 Å². The monoisotopic (exact) mass is 347 g/mol. The zero-order valence-electron chi connectivity index (χ0n) is 14.2. The molecule has 0 fully saturated rings. The van der Waals surface area contributed by atoms with Crippen molar-refractivity contribution in [1.29, 1.82) is 0 Å². The number of amides is 1. The highest BCUT2D eigenvalue weighted by Gasteiger charge is 2.28. The fourth-order valence-electron chi connectivity index (χ4n) is 2.97. The highest BCUT2D eigenvalue weighted by molar-refractivity contribution is 6.07. The molecule has 6 heteroatoms. The predicted molar refractivity (Wildman–Crippen MR) is 96.3 cm³/mol. The molecule has 6 nitrogen and oxygen atoms in total. The lowest BCUT2D eigenvalue weighted by atomic mass is 10.1. The number of ketones is 1. The molecule has 1 aliphatic rings. The quantitative estimate of drug-likeness (QED) is 0.736. The number of hydrogen-bond donors (Lipinski definition) is 1. The standard InChI is InChI=1S/C20H17N3O3/c1-23-11-10-21-19(23)18(24)13-6-8-15(9-7-13)22-20(25)17-12-14-4-2-3-5-16(14)26-17/h2-11,17H,12H2,1H3,(H,22,25)/t17-/m0/s1. The molecule has 0 saturated carbocycles. The van der Waals surface area contributed by atoms with Crippen LogP contribution in [0.15, 0.2) is 60.9 Å². The number of anilines is 1. The summed E-state index contributed by atoms with van der Waals surface area (Å²) >= 11 is 0. The second-order valence-corrected chi connectivity index (χ2v) is 6.18. The van der Waals surface area contributed by atoms with E-state index in [9.17, 15) is 9.59 Å². The van der Waals surface area contributed by atoms with Crippen molar-refractivity contribution in [2.75, 3.05) is 5.32 Å². The van der Waals surface area contributed by atoms with Crippen molar-refractivity contribution in [1.82, 2.24) is 9.55 Å². The first-order valence-electron chi connectivity index (χ1n) is 8.29. The van der Waals surface area contributed by atoms with Gasteiger partial charge in [0.2, 0.25) is 5.78 Å². The van der Waals surface area contributed by atoms with Crippen molar-refractivity contribution < 1.29 is 14.3 Å². The largest absolute Gasteiger partial charge is 0.480 e. The van der Waals surface area contributed by atoms with Gasteiger partial charge in [-0.2, -0.15) is 0 Å². The number of nitrogens with one attached hydrogen (secondary N) is 1. The molecule has 3 aromatic rings. The van der Waals surface area contributed by atoms with Gasteiger partial charge in [0.15, 0.2) is 11.9 Å². The van der Waals surface area contributed by atoms with E-state index in [0.29, 0.717) is 23.5 Å². The summed E-state index contributed by atoms with van der Waals surface area (Å²) < 4.78 is 7.36. The molecule has 1 aliphatic heterocycles. The number of imidazole rings is 1. The third-order valence-electron chi connectivity index (χ3n) is 4.38. The number of para-hydroxylation sites is 1. The summed E-state index contributed by atoms with van der Waals surface area (Å²) in [6.45, 7) is 0. The van der Waals surface area contributed by atoms with E-state index in [-0.39, 0.29) is 11.7 Å². The Kier molecular flexibility index (Phi) is 4.01. The van der Waals surface area contributed by atoms with E-state index < -0.39 is 6.10 Å². The molecular weight excluding hydrogens is 330 g/mol. The Hall–Kier alpha value is -3.41. The van der Waals surface area contributed by atoms with Gasteiger partial charge in [-0.15, -0.1) is 0 Å². The summed E-state index contributed by atoms with van der Waals surface area (Å²) in [6.07, 6.45) is 3.32. The van der Waals surface area contributed by atoms with Crippen LogP contribution < -0.4 is 10.1 Å². The van der Waals surface area contributed by atoms with Gasteiger partial charge in [-0.25, -0.2) is 4.98 Å². The Bertz CT molecular complexity index is 951. The molecule has 0 spiro atoms. The van der Waals surface area contributed by atoms with Gasteiger partial charge in [-0.1, -0.05) is 18.2 Å². The summed E-state index contributed by atoms with van der Waals surface area (Å²) in [5, 5.41) is 2.83. The van der Waals surface area contributed by atoms with Gasteiger partial charge in [0.25, 0.3) is 5.91 Å². The smallest absolute Gasteiger partial charge is 0.265 e. The average molecular weight is 347 g/mol. The van der Waals surface area contributed by atoms with Crippen molar-refractivity contribution in [2.24, 2.45) is 7.05 Å². The Morgan fingerprint density at radius 2 is 1.92 bits per heavy atom. The number of aryl methyl sites for hydroxylation is 1. The second kappa shape index (κ2) is 6.48. The minimum absolute atomic E-state index is 0.162. The maximum absolute atomic E-state index is 12.4. The fraction of sp³-hybridized carbons (Fsp3) is 0.150. The van der Waals surface area contributed by atoms with Crippen LogP contribution in [0.3, 0.4) is 0 Å². The van der Waals surface area contributed by atoms with Crippen molar-refractivity contribution >= 4 is 17.4 Å². The van der Waals surface area contributed by atoms with Gasteiger partial charge < -0.3 is 14.6 Å². The molecule has 0 bridgehead atoms. The SMILES string of the molecule is Cn1ccnc1C(=O)c1ccc(NC(=O)[C@@H]2Cc3ccccc3O2)cc1. The van der Waals surface area contributed by atoms with E-state index in [2.05, 4.69) is 10.3 Å². The van der Waals surface area contributed by atoms with E-state index in [1.165, 1.54) is 0 Å². The van der Waals surface area contributed by atoms with Gasteiger partial charge in [-0.3, -0.25) is 9.59 Å². The normalized spacial score (nSPS) is 15.2.